The molecule has 2 unspecified atom stereocenters. The predicted octanol–water partition coefficient (Wildman–Crippen LogP) is 3.67. The molecule has 140 valence electrons. The van der Waals surface area contributed by atoms with E-state index in [-0.39, 0.29) is 11.5 Å². The summed E-state index contributed by atoms with van der Waals surface area (Å²) >= 11 is 0. The minimum Gasteiger partial charge on any atom is -0.453 e. The molecule has 1 fully saturated rings. The van der Waals surface area contributed by atoms with Crippen LogP contribution in [-0.2, 0) is 10.9 Å². The fourth-order valence-electron chi connectivity index (χ4n) is 3.27. The van der Waals surface area contributed by atoms with E-state index in [0.717, 1.165) is 12.1 Å². The summed E-state index contributed by atoms with van der Waals surface area (Å²) in [6.07, 6.45) is -4.03. The lowest BCUT2D eigenvalue weighted by molar-refractivity contribution is -0.137. The zero-order valence-corrected chi connectivity index (χ0v) is 13.9. The number of likely N-dealkylation sites (tertiary alicyclic amines) is 1. The maximum Gasteiger partial charge on any atom is 0.416 e. The van der Waals surface area contributed by atoms with Crippen molar-refractivity contribution in [2.75, 3.05) is 13.7 Å². The molecule has 9 heteroatoms. The quantitative estimate of drug-likeness (QED) is 0.875. The Morgan fingerprint density at radius 2 is 2.00 bits per heavy atom. The molecule has 1 amide bonds. The standard InChI is InChI=1S/C17H17F3N2O4/c1-25-16(24)22-7-6-11(14-9-15(23)21-26-14)8-13(22)10-2-4-12(5-3-10)17(18,19)20/h2-5,9,11,13H,6-8H2,1H3,(H,21,23). The normalized spacial score (nSPS) is 20.8. The molecule has 2 heterocycles. The Morgan fingerprint density at radius 3 is 2.54 bits per heavy atom. The number of alkyl halides is 3. The molecule has 1 aliphatic rings. The summed E-state index contributed by atoms with van der Waals surface area (Å²) in [5.74, 6) is 0.332. The maximum absolute atomic E-state index is 12.8. The van der Waals surface area contributed by atoms with Crippen LogP contribution in [0.2, 0.25) is 0 Å². The Labute approximate surface area is 146 Å². The zero-order valence-electron chi connectivity index (χ0n) is 13.9. The first kappa shape index (κ1) is 18.1. The van der Waals surface area contributed by atoms with Gasteiger partial charge in [-0.25, -0.2) is 4.79 Å². The van der Waals surface area contributed by atoms with Gasteiger partial charge < -0.3 is 14.2 Å². The van der Waals surface area contributed by atoms with Crippen molar-refractivity contribution in [1.29, 1.82) is 0 Å². The average molecular weight is 370 g/mol. The molecule has 1 aliphatic heterocycles. The average Bonchev–Trinajstić information content (AvgIpc) is 3.06. The van der Waals surface area contributed by atoms with Gasteiger partial charge in [0, 0.05) is 18.5 Å². The van der Waals surface area contributed by atoms with E-state index in [1.54, 1.807) is 0 Å². The smallest absolute Gasteiger partial charge is 0.416 e. The number of ether oxygens (including phenoxy) is 1. The highest BCUT2D eigenvalue weighted by Gasteiger charge is 2.36. The number of carbonyl (C=O) groups is 1. The molecule has 0 bridgehead atoms. The highest BCUT2D eigenvalue weighted by atomic mass is 19.4. The summed E-state index contributed by atoms with van der Waals surface area (Å²) in [6, 6.07) is 5.57. The monoisotopic (exact) mass is 370 g/mol. The number of rotatable bonds is 2. The van der Waals surface area contributed by atoms with Gasteiger partial charge in [0.2, 0.25) is 0 Å². The summed E-state index contributed by atoms with van der Waals surface area (Å²) in [5, 5.41) is 2.23. The summed E-state index contributed by atoms with van der Waals surface area (Å²) in [5.41, 5.74) is -0.553. The summed E-state index contributed by atoms with van der Waals surface area (Å²) in [4.78, 5) is 24.8. The van der Waals surface area contributed by atoms with E-state index >= 15 is 0 Å². The van der Waals surface area contributed by atoms with Crippen LogP contribution in [0.3, 0.4) is 0 Å². The lowest BCUT2D eigenvalue weighted by Gasteiger charge is -2.38. The lowest BCUT2D eigenvalue weighted by atomic mass is 9.85. The molecular weight excluding hydrogens is 353 g/mol. The predicted molar refractivity (Wildman–Crippen MR) is 84.6 cm³/mol. The molecule has 2 atom stereocenters. The van der Waals surface area contributed by atoms with Crippen LogP contribution in [0, 0.1) is 0 Å². The van der Waals surface area contributed by atoms with Crippen LogP contribution in [0.25, 0.3) is 0 Å². The molecule has 1 saturated heterocycles. The second kappa shape index (κ2) is 6.89. The van der Waals surface area contributed by atoms with Gasteiger partial charge in [-0.3, -0.25) is 4.79 Å². The van der Waals surface area contributed by atoms with Crippen LogP contribution in [0.4, 0.5) is 18.0 Å². The number of piperidine rings is 1. The van der Waals surface area contributed by atoms with E-state index in [2.05, 4.69) is 5.16 Å². The van der Waals surface area contributed by atoms with Crippen molar-refractivity contribution in [1.82, 2.24) is 10.1 Å². The number of nitrogens with one attached hydrogen (secondary N) is 1. The molecular formula is C17H17F3N2O4. The topological polar surface area (TPSA) is 75.5 Å². The third kappa shape index (κ3) is 3.61. The second-order valence-corrected chi connectivity index (χ2v) is 6.14. The fourth-order valence-corrected chi connectivity index (χ4v) is 3.27. The molecule has 1 aromatic carbocycles. The largest absolute Gasteiger partial charge is 0.453 e. The van der Waals surface area contributed by atoms with Gasteiger partial charge in [0.25, 0.3) is 5.56 Å². The number of nitrogens with zero attached hydrogens (tertiary/aromatic N) is 1. The van der Waals surface area contributed by atoms with Gasteiger partial charge in [0.05, 0.1) is 18.7 Å². The molecule has 1 aromatic heterocycles. The third-order valence-corrected chi connectivity index (χ3v) is 4.58. The Hall–Kier alpha value is -2.71. The minimum absolute atomic E-state index is 0.137. The van der Waals surface area contributed by atoms with E-state index in [4.69, 9.17) is 9.26 Å². The van der Waals surface area contributed by atoms with Crippen molar-refractivity contribution in [2.45, 2.75) is 31.0 Å². The molecule has 2 aromatic rings. The number of halogens is 3. The number of carbonyl (C=O) groups excluding carboxylic acids is 1. The summed E-state index contributed by atoms with van der Waals surface area (Å²) in [6.45, 7) is 0.331. The molecule has 0 saturated carbocycles. The van der Waals surface area contributed by atoms with E-state index < -0.39 is 23.9 Å². The molecule has 3 rings (SSSR count). The minimum atomic E-state index is -4.43. The number of amides is 1. The highest BCUT2D eigenvalue weighted by Crippen LogP contribution is 2.40. The van der Waals surface area contributed by atoms with Gasteiger partial charge in [-0.15, -0.1) is 0 Å². The first-order chi connectivity index (χ1) is 12.3. The third-order valence-electron chi connectivity index (χ3n) is 4.58. The van der Waals surface area contributed by atoms with E-state index in [1.165, 1.54) is 30.2 Å². The lowest BCUT2D eigenvalue weighted by Crippen LogP contribution is -2.40. The number of hydrogen-bond donors (Lipinski definition) is 1. The van der Waals surface area contributed by atoms with Crippen molar-refractivity contribution < 1.29 is 27.2 Å². The molecule has 1 N–H and O–H groups in total. The van der Waals surface area contributed by atoms with Crippen molar-refractivity contribution >= 4 is 6.09 Å². The van der Waals surface area contributed by atoms with Crippen LogP contribution in [-0.4, -0.2) is 29.8 Å². The van der Waals surface area contributed by atoms with E-state index in [9.17, 15) is 22.8 Å². The second-order valence-electron chi connectivity index (χ2n) is 6.14. The number of hydrogen-bond acceptors (Lipinski definition) is 4. The van der Waals surface area contributed by atoms with Gasteiger partial charge in [-0.2, -0.15) is 18.3 Å². The van der Waals surface area contributed by atoms with Gasteiger partial charge in [-0.05, 0) is 30.5 Å². The molecule has 6 nitrogen and oxygen atoms in total. The number of methoxy groups -OCH3 is 1. The SMILES string of the molecule is COC(=O)N1CCC(c2cc(=O)[nH]o2)CC1c1ccc(C(F)(F)F)cc1. The molecule has 0 aliphatic carbocycles. The first-order valence-corrected chi connectivity index (χ1v) is 7.99. The van der Waals surface area contributed by atoms with Crippen molar-refractivity contribution in [2.24, 2.45) is 0 Å². The van der Waals surface area contributed by atoms with Gasteiger partial charge in [0.1, 0.15) is 5.76 Å². The Balaban J connectivity index is 1.89. The van der Waals surface area contributed by atoms with Crippen LogP contribution in [0.15, 0.2) is 39.6 Å². The Morgan fingerprint density at radius 1 is 1.31 bits per heavy atom. The Bertz CT molecular complexity index is 826. The summed E-state index contributed by atoms with van der Waals surface area (Å²) < 4.78 is 48.3. The highest BCUT2D eigenvalue weighted by molar-refractivity contribution is 5.68. The molecule has 0 spiro atoms. The van der Waals surface area contributed by atoms with E-state index in [1.807, 2.05) is 0 Å². The number of aromatic nitrogens is 1. The first-order valence-electron chi connectivity index (χ1n) is 7.99. The molecule has 0 radical (unpaired) electrons. The number of aromatic amines is 1. The van der Waals surface area contributed by atoms with Crippen LogP contribution >= 0.6 is 0 Å². The van der Waals surface area contributed by atoms with Crippen LogP contribution < -0.4 is 5.56 Å². The van der Waals surface area contributed by atoms with Gasteiger partial charge in [-0.1, -0.05) is 12.1 Å². The number of H-pyrrole nitrogens is 1. The van der Waals surface area contributed by atoms with Gasteiger partial charge >= 0.3 is 12.3 Å². The number of benzene rings is 1. The van der Waals surface area contributed by atoms with Crippen molar-refractivity contribution in [3.63, 3.8) is 0 Å². The summed E-state index contributed by atoms with van der Waals surface area (Å²) in [7, 11) is 1.25. The fraction of sp³-hybridized carbons (Fsp3) is 0.412. The van der Waals surface area contributed by atoms with Crippen molar-refractivity contribution in [3.05, 3.63) is 57.6 Å². The van der Waals surface area contributed by atoms with Crippen LogP contribution in [0.5, 0.6) is 0 Å². The van der Waals surface area contributed by atoms with Gasteiger partial charge in [0.15, 0.2) is 0 Å². The van der Waals surface area contributed by atoms with Crippen LogP contribution in [0.1, 0.15) is 41.7 Å². The van der Waals surface area contributed by atoms with Crippen molar-refractivity contribution in [3.8, 4) is 0 Å². The maximum atomic E-state index is 12.8. The molecule has 26 heavy (non-hydrogen) atoms. The Kier molecular flexibility index (Phi) is 4.80. The zero-order chi connectivity index (χ0) is 18.9. The van der Waals surface area contributed by atoms with E-state index in [0.29, 0.717) is 30.7 Å².